The Hall–Kier alpha value is -3.64. The number of amidine groups is 1. The van der Waals surface area contributed by atoms with Gasteiger partial charge in [-0.1, -0.05) is 10.1 Å². The van der Waals surface area contributed by atoms with Gasteiger partial charge in [-0.3, -0.25) is 0 Å². The van der Waals surface area contributed by atoms with E-state index in [4.69, 9.17) is 9.47 Å². The Morgan fingerprint density at radius 1 is 1.39 bits per heavy atom. The third-order valence-corrected chi connectivity index (χ3v) is 6.74. The number of benzene rings is 1. The largest absolute Gasteiger partial charge is 0.434 e. The topological polar surface area (TPSA) is 192 Å². The minimum absolute atomic E-state index is 0.0109. The highest BCUT2D eigenvalue weighted by molar-refractivity contribution is 9.10. The molecule has 0 amide bonds. The van der Waals surface area contributed by atoms with Crippen molar-refractivity contribution >= 4 is 49.2 Å². The number of sulfonamides is 1. The average molecular weight is 590 g/mol. The van der Waals surface area contributed by atoms with E-state index in [-0.39, 0.29) is 53.1 Å². The van der Waals surface area contributed by atoms with Crippen LogP contribution in [-0.4, -0.2) is 58.4 Å². The summed E-state index contributed by atoms with van der Waals surface area (Å²) in [5, 5.41) is 28.4. The zero-order valence-corrected chi connectivity index (χ0v) is 21.3. The van der Waals surface area contributed by atoms with E-state index in [1.807, 2.05) is 0 Å². The molecule has 3 aromatic rings. The minimum atomic E-state index is -3.37. The molecule has 18 heteroatoms. The quantitative estimate of drug-likeness (QED) is 0.0918. The number of nitro groups is 1. The van der Waals surface area contributed by atoms with Crippen LogP contribution >= 0.6 is 15.9 Å². The number of imidazole rings is 1. The fourth-order valence-corrected chi connectivity index (χ4v) is 3.87. The number of oxime groups is 1. The van der Waals surface area contributed by atoms with E-state index >= 15 is 0 Å². The molecule has 2 heterocycles. The molecular weight excluding hydrogens is 569 g/mol. The Kier molecular flexibility index (Phi) is 8.88. The number of hydrogen-bond donors (Lipinski definition) is 3. The van der Waals surface area contributed by atoms with Crippen LogP contribution in [0.1, 0.15) is 17.8 Å². The maximum Gasteiger partial charge on any atom is 0.434 e. The summed E-state index contributed by atoms with van der Waals surface area (Å²) in [4.78, 5) is 19.4. The number of nitrogens with zero attached hydrogens (tertiary/aromatic N) is 6. The second-order valence-electron chi connectivity index (χ2n) is 7.10. The molecule has 0 saturated heterocycles. The van der Waals surface area contributed by atoms with Gasteiger partial charge >= 0.3 is 5.95 Å². The van der Waals surface area contributed by atoms with Crippen LogP contribution in [0.25, 0.3) is 0 Å². The Morgan fingerprint density at radius 3 is 2.83 bits per heavy atom. The van der Waals surface area contributed by atoms with Gasteiger partial charge in [-0.2, -0.15) is 0 Å². The van der Waals surface area contributed by atoms with Gasteiger partial charge in [0.1, 0.15) is 12.0 Å². The molecule has 15 nitrogen and oxygen atoms in total. The number of rotatable bonds is 12. The normalized spacial score (nSPS) is 11.9. The molecule has 194 valence electrons. The number of anilines is 2. The van der Waals surface area contributed by atoms with E-state index in [2.05, 4.69) is 51.7 Å². The highest BCUT2D eigenvalue weighted by atomic mass is 79.9. The van der Waals surface area contributed by atoms with Gasteiger partial charge in [-0.15, -0.1) is 0 Å². The second kappa shape index (κ2) is 11.9. The summed E-state index contributed by atoms with van der Waals surface area (Å²) in [6.07, 6.45) is 1.54. The first-order valence-corrected chi connectivity index (χ1v) is 12.6. The van der Waals surface area contributed by atoms with E-state index < -0.39 is 20.8 Å². The van der Waals surface area contributed by atoms with Crippen LogP contribution in [0, 0.1) is 15.9 Å². The molecular formula is C18H21BrFN9O6S. The maximum atomic E-state index is 13.7. The van der Waals surface area contributed by atoms with Crippen molar-refractivity contribution in [1.82, 2.24) is 24.6 Å². The predicted molar refractivity (Wildman–Crippen MR) is 129 cm³/mol. The fraction of sp³-hybridized carbons (Fsp3) is 0.333. The number of hydrogen-bond acceptors (Lipinski definition) is 11. The predicted octanol–water partition coefficient (Wildman–Crippen LogP) is 1.95. The molecule has 2 aromatic heterocycles. The first-order valence-electron chi connectivity index (χ1n) is 10.2. The summed E-state index contributed by atoms with van der Waals surface area (Å²) < 4.78 is 45.3. The van der Waals surface area contributed by atoms with Crippen LogP contribution in [0.15, 0.2) is 38.7 Å². The third-order valence-electron chi connectivity index (χ3n) is 4.68. The first kappa shape index (κ1) is 27.0. The smallest absolute Gasteiger partial charge is 0.390 e. The van der Waals surface area contributed by atoms with Crippen molar-refractivity contribution in [2.75, 3.05) is 30.0 Å². The average Bonchev–Trinajstić information content (AvgIpc) is 3.45. The zero-order valence-electron chi connectivity index (χ0n) is 18.9. The van der Waals surface area contributed by atoms with Gasteiger partial charge in [0.2, 0.25) is 21.7 Å². The van der Waals surface area contributed by atoms with E-state index in [9.17, 15) is 22.9 Å². The lowest BCUT2D eigenvalue weighted by atomic mass is 10.3. The van der Waals surface area contributed by atoms with E-state index in [0.717, 1.165) is 0 Å². The van der Waals surface area contributed by atoms with Crippen molar-refractivity contribution in [3.63, 3.8) is 0 Å². The van der Waals surface area contributed by atoms with Gasteiger partial charge < -0.3 is 25.6 Å². The molecule has 0 radical (unpaired) electrons. The molecule has 0 saturated carbocycles. The zero-order chi connectivity index (χ0) is 26.3. The monoisotopic (exact) mass is 589 g/mol. The van der Waals surface area contributed by atoms with Crippen molar-refractivity contribution in [3.05, 3.63) is 56.2 Å². The SMILES string of the molecule is CNS(=O)(=O)CCCNc1nonc1/C(=N/OCc1cnc([N+](=O)[O-])n1C)Nc1ccc(F)c(Br)c1. The molecule has 0 fully saturated rings. The van der Waals surface area contributed by atoms with Crippen LogP contribution < -0.4 is 15.4 Å². The molecule has 0 bridgehead atoms. The molecule has 0 spiro atoms. The lowest BCUT2D eigenvalue weighted by molar-refractivity contribution is -0.396. The van der Waals surface area contributed by atoms with Crippen molar-refractivity contribution in [2.24, 2.45) is 12.2 Å². The molecule has 0 unspecified atom stereocenters. The lowest BCUT2D eigenvalue weighted by Gasteiger charge is -2.10. The fourth-order valence-electron chi connectivity index (χ4n) is 2.77. The molecule has 1 aromatic carbocycles. The van der Waals surface area contributed by atoms with Gasteiger partial charge in [0.25, 0.3) is 0 Å². The van der Waals surface area contributed by atoms with Gasteiger partial charge in [0.05, 0.1) is 17.3 Å². The highest BCUT2D eigenvalue weighted by Crippen LogP contribution is 2.22. The van der Waals surface area contributed by atoms with E-state index in [1.54, 1.807) is 0 Å². The summed E-state index contributed by atoms with van der Waals surface area (Å²) in [5.74, 6) is -0.796. The summed E-state index contributed by atoms with van der Waals surface area (Å²) in [7, 11) is -0.584. The lowest BCUT2D eigenvalue weighted by Crippen LogP contribution is -2.23. The van der Waals surface area contributed by atoms with Crippen molar-refractivity contribution < 1.29 is 27.2 Å². The Morgan fingerprint density at radius 2 is 2.17 bits per heavy atom. The Balaban J connectivity index is 1.80. The van der Waals surface area contributed by atoms with E-state index in [1.165, 1.54) is 43.1 Å². The molecule has 0 atom stereocenters. The Labute approximate surface area is 212 Å². The van der Waals surface area contributed by atoms with Crippen molar-refractivity contribution in [2.45, 2.75) is 13.0 Å². The van der Waals surface area contributed by atoms with Gasteiger partial charge in [0, 0.05) is 12.2 Å². The second-order valence-corrected chi connectivity index (χ2v) is 10.00. The van der Waals surface area contributed by atoms with Crippen LogP contribution in [0.3, 0.4) is 0 Å². The molecule has 0 aliphatic rings. The Bertz CT molecular complexity index is 1360. The van der Waals surface area contributed by atoms with Gasteiger partial charge in [0.15, 0.2) is 18.0 Å². The first-order chi connectivity index (χ1) is 17.1. The molecule has 3 rings (SSSR count). The van der Waals surface area contributed by atoms with Crippen LogP contribution in [0.5, 0.6) is 0 Å². The summed E-state index contributed by atoms with van der Waals surface area (Å²) in [6, 6.07) is 4.13. The van der Waals surface area contributed by atoms with Gasteiger partial charge in [-0.25, -0.2) is 26.7 Å². The maximum absolute atomic E-state index is 13.7. The summed E-state index contributed by atoms with van der Waals surface area (Å²) >= 11 is 3.10. The summed E-state index contributed by atoms with van der Waals surface area (Å²) in [6.45, 7) is 0.0442. The number of halogens is 2. The van der Waals surface area contributed by atoms with Gasteiger partial charge in [-0.05, 0) is 62.8 Å². The number of aromatic nitrogens is 4. The minimum Gasteiger partial charge on any atom is -0.390 e. The van der Waals surface area contributed by atoms with E-state index in [0.29, 0.717) is 11.4 Å². The van der Waals surface area contributed by atoms with Crippen molar-refractivity contribution in [3.8, 4) is 0 Å². The molecule has 36 heavy (non-hydrogen) atoms. The summed E-state index contributed by atoms with van der Waals surface area (Å²) in [5.41, 5.74) is 0.871. The molecule has 3 N–H and O–H groups in total. The number of nitrogens with one attached hydrogen (secondary N) is 3. The van der Waals surface area contributed by atoms with Crippen molar-refractivity contribution in [1.29, 1.82) is 0 Å². The third kappa shape index (κ3) is 6.95. The van der Waals surface area contributed by atoms with Crippen LogP contribution in [-0.2, 0) is 28.5 Å². The van der Waals surface area contributed by atoms with Crippen LogP contribution in [0.2, 0.25) is 0 Å². The molecule has 0 aliphatic carbocycles. The highest BCUT2D eigenvalue weighted by Gasteiger charge is 2.20. The molecule has 0 aliphatic heterocycles. The standard InChI is InChI=1S/C18H21BrFN9O6S/c1-21-36(32,33)7-3-6-22-16-15(25-35-27-16)17(24-11-4-5-14(20)13(19)8-11)26-34-10-12-9-23-18(28(12)2)29(30)31/h4-5,8-9,21H,3,6-7,10H2,1-2H3,(H,22,27)(H,24,26). The van der Waals surface area contributed by atoms with Crippen LogP contribution in [0.4, 0.5) is 21.8 Å².